The van der Waals surface area contributed by atoms with Gasteiger partial charge in [0, 0.05) is 36.8 Å². The number of hydrogen-bond donors (Lipinski definition) is 1. The average Bonchev–Trinajstić information content (AvgIpc) is 3.11. The van der Waals surface area contributed by atoms with E-state index in [2.05, 4.69) is 28.4 Å². The standard InChI is InChI=1S/C15H18N2OS/c18-15(17-7-10-5-16-6-11(10)8-17)13-9-19-14-4-2-1-3-12(13)14/h1-4,10-11,13,16H,5-9H2/t10-,11+,13?. The summed E-state index contributed by atoms with van der Waals surface area (Å²) in [5.74, 6) is 2.74. The van der Waals surface area contributed by atoms with E-state index in [0.29, 0.717) is 17.7 Å². The third kappa shape index (κ3) is 1.89. The maximum atomic E-state index is 12.7. The van der Waals surface area contributed by atoms with Gasteiger partial charge in [0.15, 0.2) is 0 Å². The van der Waals surface area contributed by atoms with E-state index < -0.39 is 0 Å². The lowest BCUT2D eigenvalue weighted by Crippen LogP contribution is -2.35. The molecule has 1 amide bonds. The highest BCUT2D eigenvalue weighted by Gasteiger charge is 2.41. The van der Waals surface area contributed by atoms with Gasteiger partial charge < -0.3 is 10.2 Å². The fraction of sp³-hybridized carbons (Fsp3) is 0.533. The maximum Gasteiger partial charge on any atom is 0.231 e. The molecule has 1 aromatic carbocycles. The van der Waals surface area contributed by atoms with E-state index in [4.69, 9.17) is 0 Å². The van der Waals surface area contributed by atoms with Crippen molar-refractivity contribution in [2.24, 2.45) is 11.8 Å². The Morgan fingerprint density at radius 3 is 2.74 bits per heavy atom. The van der Waals surface area contributed by atoms with Crippen molar-refractivity contribution in [1.82, 2.24) is 10.2 Å². The second-order valence-corrected chi connectivity index (χ2v) is 6.88. The van der Waals surface area contributed by atoms with Gasteiger partial charge in [-0.15, -0.1) is 11.8 Å². The van der Waals surface area contributed by atoms with Crippen molar-refractivity contribution in [2.45, 2.75) is 10.8 Å². The number of fused-ring (bicyclic) bond motifs is 2. The number of carbonyl (C=O) groups is 1. The molecule has 0 radical (unpaired) electrons. The maximum absolute atomic E-state index is 12.7. The Morgan fingerprint density at radius 2 is 1.95 bits per heavy atom. The molecule has 0 aromatic heterocycles. The van der Waals surface area contributed by atoms with Crippen LogP contribution in [0.2, 0.25) is 0 Å². The lowest BCUT2D eigenvalue weighted by molar-refractivity contribution is -0.131. The Morgan fingerprint density at radius 1 is 1.21 bits per heavy atom. The number of carbonyl (C=O) groups excluding carboxylic acids is 1. The molecule has 3 nitrogen and oxygen atoms in total. The van der Waals surface area contributed by atoms with Crippen LogP contribution in [0.5, 0.6) is 0 Å². The highest BCUT2D eigenvalue weighted by Crippen LogP contribution is 2.41. The van der Waals surface area contributed by atoms with Crippen LogP contribution in [0.3, 0.4) is 0 Å². The lowest BCUT2D eigenvalue weighted by atomic mass is 10.00. The summed E-state index contributed by atoms with van der Waals surface area (Å²) in [7, 11) is 0. The summed E-state index contributed by atoms with van der Waals surface area (Å²) in [4.78, 5) is 16.1. The zero-order valence-electron chi connectivity index (χ0n) is 10.8. The zero-order chi connectivity index (χ0) is 12.8. The Hall–Kier alpha value is -1.00. The van der Waals surface area contributed by atoms with Crippen LogP contribution < -0.4 is 5.32 Å². The van der Waals surface area contributed by atoms with Crippen LogP contribution in [0, 0.1) is 11.8 Å². The van der Waals surface area contributed by atoms with Crippen molar-refractivity contribution in [3.8, 4) is 0 Å². The number of nitrogens with zero attached hydrogens (tertiary/aromatic N) is 1. The molecule has 2 fully saturated rings. The van der Waals surface area contributed by atoms with Crippen molar-refractivity contribution in [2.75, 3.05) is 31.9 Å². The van der Waals surface area contributed by atoms with Gasteiger partial charge in [-0.25, -0.2) is 0 Å². The zero-order valence-corrected chi connectivity index (χ0v) is 11.7. The van der Waals surface area contributed by atoms with Crippen LogP contribution in [-0.2, 0) is 4.79 Å². The molecule has 3 aliphatic heterocycles. The number of thioether (sulfide) groups is 1. The first-order valence-electron chi connectivity index (χ1n) is 7.04. The monoisotopic (exact) mass is 274 g/mol. The van der Waals surface area contributed by atoms with Gasteiger partial charge in [0.2, 0.25) is 5.91 Å². The molecule has 0 bridgehead atoms. The summed E-state index contributed by atoms with van der Waals surface area (Å²) in [5.41, 5.74) is 1.24. The summed E-state index contributed by atoms with van der Waals surface area (Å²) in [6, 6.07) is 8.37. The topological polar surface area (TPSA) is 32.3 Å². The predicted molar refractivity (Wildman–Crippen MR) is 76.3 cm³/mol. The summed E-state index contributed by atoms with van der Waals surface area (Å²) < 4.78 is 0. The molecule has 1 unspecified atom stereocenters. The molecule has 0 saturated carbocycles. The third-order valence-corrected chi connectivity index (χ3v) is 5.88. The van der Waals surface area contributed by atoms with Gasteiger partial charge in [-0.2, -0.15) is 0 Å². The highest BCUT2D eigenvalue weighted by molar-refractivity contribution is 7.99. The largest absolute Gasteiger partial charge is 0.341 e. The number of rotatable bonds is 1. The van der Waals surface area contributed by atoms with Gasteiger partial charge >= 0.3 is 0 Å². The molecule has 0 spiro atoms. The van der Waals surface area contributed by atoms with Gasteiger partial charge in [-0.3, -0.25) is 4.79 Å². The van der Waals surface area contributed by atoms with Gasteiger partial charge in [-0.1, -0.05) is 18.2 Å². The third-order valence-electron chi connectivity index (χ3n) is 4.70. The highest BCUT2D eigenvalue weighted by atomic mass is 32.2. The van der Waals surface area contributed by atoms with E-state index in [1.165, 1.54) is 10.5 Å². The number of nitrogens with one attached hydrogen (secondary N) is 1. The minimum absolute atomic E-state index is 0.0907. The fourth-order valence-corrected chi connectivity index (χ4v) is 4.84. The first-order chi connectivity index (χ1) is 9.33. The second kappa shape index (κ2) is 4.53. The van der Waals surface area contributed by atoms with Crippen molar-refractivity contribution < 1.29 is 4.79 Å². The number of amides is 1. The predicted octanol–water partition coefficient (Wildman–Crippen LogP) is 1.55. The Bertz CT molecular complexity index is 507. The van der Waals surface area contributed by atoms with Crippen molar-refractivity contribution in [3.05, 3.63) is 29.8 Å². The molecule has 3 heterocycles. The molecule has 4 rings (SSSR count). The van der Waals surface area contributed by atoms with E-state index >= 15 is 0 Å². The molecular weight excluding hydrogens is 256 g/mol. The fourth-order valence-electron chi connectivity index (χ4n) is 3.62. The smallest absolute Gasteiger partial charge is 0.231 e. The second-order valence-electron chi connectivity index (χ2n) is 5.82. The quantitative estimate of drug-likeness (QED) is 0.843. The molecule has 19 heavy (non-hydrogen) atoms. The van der Waals surface area contributed by atoms with Crippen molar-refractivity contribution >= 4 is 17.7 Å². The van der Waals surface area contributed by atoms with Crippen molar-refractivity contribution in [3.63, 3.8) is 0 Å². The van der Waals surface area contributed by atoms with Crippen LogP contribution in [0.15, 0.2) is 29.2 Å². The summed E-state index contributed by atoms with van der Waals surface area (Å²) in [5, 5.41) is 3.43. The molecule has 2 saturated heterocycles. The van der Waals surface area contributed by atoms with Crippen LogP contribution in [0.4, 0.5) is 0 Å². The SMILES string of the molecule is O=C(C1CSc2ccccc21)N1C[C@H]2CNC[C@H]2C1. The molecule has 100 valence electrons. The first kappa shape index (κ1) is 11.8. The Labute approximate surface area is 117 Å². The first-order valence-corrected chi connectivity index (χ1v) is 8.02. The van der Waals surface area contributed by atoms with E-state index in [1.54, 1.807) is 0 Å². The van der Waals surface area contributed by atoms with Crippen LogP contribution >= 0.6 is 11.8 Å². The van der Waals surface area contributed by atoms with Crippen LogP contribution in [0.25, 0.3) is 0 Å². The van der Waals surface area contributed by atoms with E-state index in [-0.39, 0.29) is 5.92 Å². The molecule has 0 aliphatic carbocycles. The Kier molecular flexibility index (Phi) is 2.81. The van der Waals surface area contributed by atoms with Gasteiger partial charge in [0.25, 0.3) is 0 Å². The van der Waals surface area contributed by atoms with E-state index in [1.807, 2.05) is 17.8 Å². The lowest BCUT2D eigenvalue weighted by Gasteiger charge is -2.21. The van der Waals surface area contributed by atoms with Gasteiger partial charge in [-0.05, 0) is 23.5 Å². The van der Waals surface area contributed by atoms with Crippen LogP contribution in [0.1, 0.15) is 11.5 Å². The van der Waals surface area contributed by atoms with E-state index in [9.17, 15) is 4.79 Å². The molecule has 3 aliphatic rings. The van der Waals surface area contributed by atoms with Gasteiger partial charge in [0.05, 0.1) is 5.92 Å². The number of benzene rings is 1. The normalized spacial score (nSPS) is 32.4. The molecule has 3 atom stereocenters. The number of likely N-dealkylation sites (tertiary alicyclic amines) is 1. The van der Waals surface area contributed by atoms with Gasteiger partial charge in [0.1, 0.15) is 0 Å². The average molecular weight is 274 g/mol. The molecule has 1 N–H and O–H groups in total. The molecular formula is C15H18N2OS. The molecule has 4 heteroatoms. The van der Waals surface area contributed by atoms with Crippen LogP contribution in [-0.4, -0.2) is 42.7 Å². The Balaban J connectivity index is 1.53. The number of hydrogen-bond acceptors (Lipinski definition) is 3. The summed E-state index contributed by atoms with van der Waals surface area (Å²) in [6.07, 6.45) is 0. The molecule has 1 aromatic rings. The summed E-state index contributed by atoms with van der Waals surface area (Å²) in [6.45, 7) is 4.09. The van der Waals surface area contributed by atoms with E-state index in [0.717, 1.165) is 31.9 Å². The summed E-state index contributed by atoms with van der Waals surface area (Å²) >= 11 is 1.82. The minimum Gasteiger partial charge on any atom is -0.341 e. The van der Waals surface area contributed by atoms with Crippen molar-refractivity contribution in [1.29, 1.82) is 0 Å². The minimum atomic E-state index is 0.0907.